The zero-order valence-corrected chi connectivity index (χ0v) is 9.18. The van der Waals surface area contributed by atoms with E-state index >= 15 is 0 Å². The van der Waals surface area contributed by atoms with Crippen LogP contribution in [0.3, 0.4) is 0 Å². The minimum Gasteiger partial charge on any atom is -1.00 e. The van der Waals surface area contributed by atoms with E-state index in [0.717, 1.165) is 0 Å². The van der Waals surface area contributed by atoms with Crippen LogP contribution in [0, 0.1) is 17.4 Å². The molecule has 0 atom stereocenters. The second kappa shape index (κ2) is 7.80. The largest absolute Gasteiger partial charge is 2.00 e. The Bertz CT molecular complexity index is 316. The van der Waals surface area contributed by atoms with Crippen molar-refractivity contribution in [3.05, 3.63) is 29.8 Å². The zero-order chi connectivity index (χ0) is 8.97. The molecule has 70 valence electrons. The summed E-state index contributed by atoms with van der Waals surface area (Å²) in [7, 11) is 0. The van der Waals surface area contributed by atoms with Gasteiger partial charge in [0.05, 0.1) is 6.07 Å². The fourth-order valence-corrected chi connectivity index (χ4v) is 0.701. The molecule has 0 saturated heterocycles. The van der Waals surface area contributed by atoms with Gasteiger partial charge in [-0.2, -0.15) is 26.2 Å². The molecule has 0 aromatic heterocycles. The van der Waals surface area contributed by atoms with Gasteiger partial charge in [-0.25, -0.2) is 0 Å². The second-order valence-electron chi connectivity index (χ2n) is 1.91. The Balaban J connectivity index is 0. The van der Waals surface area contributed by atoms with Crippen LogP contribution in [-0.4, -0.2) is 29.7 Å². The van der Waals surface area contributed by atoms with Gasteiger partial charge in [-0.05, 0) is 5.56 Å². The predicted octanol–water partition coefficient (Wildman–Crippen LogP) is -1.42. The van der Waals surface area contributed by atoms with Gasteiger partial charge in [-0.1, -0.05) is 0 Å². The normalized spacial score (nSPS) is 8.14. The third-order valence-electron chi connectivity index (χ3n) is 1.16. The number of nitriles is 1. The van der Waals surface area contributed by atoms with Crippen LogP contribution < -0.4 is 17.1 Å². The number of hydrogen-bond acceptors (Lipinski definition) is 2. The van der Waals surface area contributed by atoms with Gasteiger partial charge in [0.1, 0.15) is 0 Å². The molecule has 6 heteroatoms. The first-order chi connectivity index (χ1) is 5.74. The van der Waals surface area contributed by atoms with Crippen molar-refractivity contribution in [3.63, 3.8) is 0 Å². The molecule has 0 N–H and O–H groups in total. The van der Waals surface area contributed by atoms with Crippen molar-refractivity contribution in [2.24, 2.45) is 0 Å². The van der Waals surface area contributed by atoms with Crippen LogP contribution in [0.25, 0.3) is 0 Å². The fraction of sp³-hybridized carbons (Fsp3) is 0.125. The zero-order valence-electron chi connectivity index (χ0n) is 7.01. The van der Waals surface area contributed by atoms with E-state index in [0.29, 0.717) is 0 Å². The summed E-state index contributed by atoms with van der Waals surface area (Å²) in [6.07, 6.45) is 0. The average molecular weight is 228 g/mol. The van der Waals surface area contributed by atoms with Crippen molar-refractivity contribution >= 4 is 23.1 Å². The van der Waals surface area contributed by atoms with Gasteiger partial charge in [0.2, 0.25) is 0 Å². The molecule has 0 aliphatic rings. The molecular weight excluding hydrogens is 224 g/mol. The van der Waals surface area contributed by atoms with Crippen LogP contribution in [0.4, 0.5) is 8.78 Å². The summed E-state index contributed by atoms with van der Waals surface area (Å²) in [6, 6.07) is 8.27. The molecule has 0 radical (unpaired) electrons. The quantitative estimate of drug-likeness (QED) is 0.459. The standard InChI is InChI=1S/C8H4F2NO.ClH.Mg/c9-8(10)12-7-4-2-1-3-6(7)5-11;;/h1,3-4,8H;1H;/q-1;;+2/p-1. The van der Waals surface area contributed by atoms with Crippen LogP contribution in [-0.2, 0) is 0 Å². The maximum atomic E-state index is 11.7. The van der Waals surface area contributed by atoms with E-state index in [-0.39, 0.29) is 46.8 Å². The minimum atomic E-state index is -2.91. The maximum absolute atomic E-state index is 11.7. The molecule has 0 aliphatic heterocycles. The van der Waals surface area contributed by atoms with Gasteiger partial charge in [0.15, 0.2) is 0 Å². The van der Waals surface area contributed by atoms with Crippen LogP contribution >= 0.6 is 0 Å². The average Bonchev–Trinajstić information content (AvgIpc) is 2.04. The van der Waals surface area contributed by atoms with Gasteiger partial charge in [-0.15, -0.1) is 12.1 Å². The monoisotopic (exact) mass is 227 g/mol. The summed E-state index contributed by atoms with van der Waals surface area (Å²) in [5.74, 6) is -0.144. The summed E-state index contributed by atoms with van der Waals surface area (Å²) >= 11 is 0. The van der Waals surface area contributed by atoms with Gasteiger partial charge < -0.3 is 17.1 Å². The Morgan fingerprint density at radius 2 is 2.14 bits per heavy atom. The molecule has 0 unspecified atom stereocenters. The molecule has 0 amide bonds. The molecule has 0 fully saturated rings. The summed E-state index contributed by atoms with van der Waals surface area (Å²) in [5, 5.41) is 8.44. The first-order valence-corrected chi connectivity index (χ1v) is 3.09. The summed E-state index contributed by atoms with van der Waals surface area (Å²) in [4.78, 5) is 0. The predicted molar refractivity (Wildman–Crippen MR) is 42.4 cm³/mol. The van der Waals surface area contributed by atoms with Crippen LogP contribution in [0.15, 0.2) is 18.2 Å². The van der Waals surface area contributed by atoms with Crippen molar-refractivity contribution in [2.75, 3.05) is 0 Å². The minimum absolute atomic E-state index is 0. The van der Waals surface area contributed by atoms with Crippen LogP contribution in [0.2, 0.25) is 0 Å². The van der Waals surface area contributed by atoms with E-state index in [1.165, 1.54) is 18.2 Å². The number of rotatable bonds is 2. The van der Waals surface area contributed by atoms with E-state index in [2.05, 4.69) is 10.8 Å². The number of ether oxygens (including phenoxy) is 1. The van der Waals surface area contributed by atoms with Crippen molar-refractivity contribution in [1.82, 2.24) is 0 Å². The van der Waals surface area contributed by atoms with Gasteiger partial charge in [0, 0.05) is 5.75 Å². The van der Waals surface area contributed by atoms with E-state index in [1.807, 2.05) is 0 Å². The molecule has 0 heterocycles. The summed E-state index contributed by atoms with van der Waals surface area (Å²) < 4.78 is 27.4. The molecule has 1 aromatic carbocycles. The Morgan fingerprint density at radius 1 is 1.50 bits per heavy atom. The van der Waals surface area contributed by atoms with Gasteiger partial charge >= 0.3 is 29.7 Å². The van der Waals surface area contributed by atoms with Gasteiger partial charge in [-0.3, -0.25) is 0 Å². The molecule has 2 nitrogen and oxygen atoms in total. The smallest absolute Gasteiger partial charge is 1.00 e. The molecule has 0 aliphatic carbocycles. The molecular formula is C8H4ClF2MgNO. The molecule has 0 bridgehead atoms. The van der Waals surface area contributed by atoms with Crippen LogP contribution in [0.1, 0.15) is 5.56 Å². The summed E-state index contributed by atoms with van der Waals surface area (Å²) in [6.45, 7) is -2.91. The molecule has 1 rings (SSSR count). The number of nitrogens with zero attached hydrogens (tertiary/aromatic N) is 1. The molecule has 0 saturated carbocycles. The third kappa shape index (κ3) is 4.60. The van der Waals surface area contributed by atoms with E-state index in [4.69, 9.17) is 5.26 Å². The molecule has 1 aromatic rings. The Kier molecular flexibility index (Phi) is 8.84. The van der Waals surface area contributed by atoms with Crippen molar-refractivity contribution in [1.29, 1.82) is 5.26 Å². The number of benzene rings is 1. The fourth-order valence-electron chi connectivity index (χ4n) is 0.701. The Hall–Kier alpha value is -0.574. The number of alkyl halides is 2. The van der Waals surface area contributed by atoms with Crippen molar-refractivity contribution in [3.8, 4) is 11.8 Å². The Morgan fingerprint density at radius 3 is 2.64 bits per heavy atom. The van der Waals surface area contributed by atoms with E-state index < -0.39 is 6.61 Å². The first kappa shape index (κ1) is 15.9. The van der Waals surface area contributed by atoms with Crippen molar-refractivity contribution < 1.29 is 25.9 Å². The summed E-state index contributed by atoms with van der Waals surface area (Å²) in [5.41, 5.74) is 0.0778. The van der Waals surface area contributed by atoms with E-state index in [1.54, 1.807) is 6.07 Å². The number of halogens is 3. The number of hydrogen-bond donors (Lipinski definition) is 0. The first-order valence-electron chi connectivity index (χ1n) is 3.09. The van der Waals surface area contributed by atoms with Crippen molar-refractivity contribution in [2.45, 2.75) is 6.61 Å². The third-order valence-corrected chi connectivity index (χ3v) is 1.16. The second-order valence-corrected chi connectivity index (χ2v) is 1.91. The topological polar surface area (TPSA) is 33.0 Å². The molecule has 0 spiro atoms. The SMILES string of the molecule is N#Cc1cc[c-]cc1OC(F)F.[Cl-].[Mg+2]. The van der Waals surface area contributed by atoms with E-state index in [9.17, 15) is 8.78 Å². The molecule has 14 heavy (non-hydrogen) atoms. The van der Waals surface area contributed by atoms with Crippen LogP contribution in [0.5, 0.6) is 5.75 Å². The maximum Gasteiger partial charge on any atom is 2.00 e. The Labute approximate surface area is 102 Å². The van der Waals surface area contributed by atoms with Gasteiger partial charge in [0.25, 0.3) is 0 Å².